The number of hydrogen-bond acceptors (Lipinski definition) is 6. The average Bonchev–Trinajstić information content (AvgIpc) is 2.79. The zero-order valence-corrected chi connectivity index (χ0v) is 17.3. The van der Waals surface area contributed by atoms with Gasteiger partial charge in [-0.1, -0.05) is 36.4 Å². The lowest BCUT2D eigenvalue weighted by Crippen LogP contribution is -2.52. The summed E-state index contributed by atoms with van der Waals surface area (Å²) in [4.78, 5) is 27.7. The fourth-order valence-electron chi connectivity index (χ4n) is 4.30. The largest absolute Gasteiger partial charge is 0.462 e. The molecular weight excluding hydrogens is 380 g/mol. The first kappa shape index (κ1) is 20.4. The molecule has 0 spiro atoms. The highest BCUT2D eigenvalue weighted by atomic mass is 16.5. The average molecular weight is 408 g/mol. The molecule has 3 saturated heterocycles. The summed E-state index contributed by atoms with van der Waals surface area (Å²) in [6.07, 6.45) is 2.12. The van der Waals surface area contributed by atoms with Gasteiger partial charge in [0.1, 0.15) is 6.10 Å². The van der Waals surface area contributed by atoms with Crippen LogP contribution in [0.25, 0.3) is 0 Å². The van der Waals surface area contributed by atoms with Gasteiger partial charge in [0.05, 0.1) is 12.2 Å². The van der Waals surface area contributed by atoms with Crippen LogP contribution in [0.2, 0.25) is 0 Å². The SMILES string of the molecule is CCOC(=O)c1cccc(NC(C(=O)O[C@H]2CN3CCC2CC3)c2ccccc2)c1. The molecule has 3 aliphatic rings. The van der Waals surface area contributed by atoms with Gasteiger partial charge in [-0.05, 0) is 62.5 Å². The van der Waals surface area contributed by atoms with E-state index in [4.69, 9.17) is 9.47 Å². The van der Waals surface area contributed by atoms with Crippen LogP contribution < -0.4 is 5.32 Å². The number of carbonyl (C=O) groups is 2. The van der Waals surface area contributed by atoms with E-state index < -0.39 is 6.04 Å². The zero-order chi connectivity index (χ0) is 20.9. The van der Waals surface area contributed by atoms with Crippen LogP contribution in [-0.4, -0.2) is 49.2 Å². The Bertz CT molecular complexity index is 878. The van der Waals surface area contributed by atoms with Crippen molar-refractivity contribution >= 4 is 17.6 Å². The number of hydrogen-bond donors (Lipinski definition) is 1. The predicted molar refractivity (Wildman–Crippen MR) is 114 cm³/mol. The second-order valence-corrected chi connectivity index (χ2v) is 7.90. The van der Waals surface area contributed by atoms with Crippen molar-refractivity contribution in [2.24, 2.45) is 5.92 Å². The van der Waals surface area contributed by atoms with E-state index in [2.05, 4.69) is 10.2 Å². The topological polar surface area (TPSA) is 67.9 Å². The quantitative estimate of drug-likeness (QED) is 0.706. The normalized spacial score (nSPS) is 23.4. The summed E-state index contributed by atoms with van der Waals surface area (Å²) in [5.41, 5.74) is 1.94. The van der Waals surface area contributed by atoms with Gasteiger partial charge in [-0.3, -0.25) is 4.90 Å². The first-order valence-electron chi connectivity index (χ1n) is 10.7. The van der Waals surface area contributed by atoms with Crippen LogP contribution in [0.3, 0.4) is 0 Å². The number of nitrogens with one attached hydrogen (secondary N) is 1. The molecule has 3 fully saturated rings. The van der Waals surface area contributed by atoms with E-state index in [0.717, 1.165) is 38.0 Å². The fraction of sp³-hybridized carbons (Fsp3) is 0.417. The first-order valence-corrected chi connectivity index (χ1v) is 10.7. The Labute approximate surface area is 177 Å². The van der Waals surface area contributed by atoms with Crippen molar-refractivity contribution in [2.75, 3.05) is 31.6 Å². The number of benzene rings is 2. The summed E-state index contributed by atoms with van der Waals surface area (Å²) < 4.78 is 11.1. The maximum absolute atomic E-state index is 13.2. The zero-order valence-electron chi connectivity index (χ0n) is 17.3. The van der Waals surface area contributed by atoms with Crippen LogP contribution >= 0.6 is 0 Å². The molecule has 2 aromatic rings. The summed E-state index contributed by atoms with van der Waals surface area (Å²) in [7, 11) is 0. The molecule has 0 aliphatic carbocycles. The van der Waals surface area contributed by atoms with Crippen LogP contribution in [0, 0.1) is 5.92 Å². The Hall–Kier alpha value is -2.86. The molecule has 0 amide bonds. The first-order chi connectivity index (χ1) is 14.6. The number of anilines is 1. The van der Waals surface area contributed by atoms with E-state index in [-0.39, 0.29) is 18.0 Å². The van der Waals surface area contributed by atoms with Gasteiger partial charge >= 0.3 is 11.9 Å². The number of esters is 2. The standard InChI is InChI=1S/C24H28N2O4/c1-2-29-23(27)19-9-6-10-20(15-19)25-22(18-7-4-3-5-8-18)24(28)30-21-16-26-13-11-17(21)12-14-26/h3-10,15,17,21-22,25H,2,11-14,16H2,1H3/t21-,22?/m0/s1. The Morgan fingerprint density at radius 3 is 2.53 bits per heavy atom. The number of rotatable bonds is 7. The van der Waals surface area contributed by atoms with Crippen molar-refractivity contribution < 1.29 is 19.1 Å². The van der Waals surface area contributed by atoms with E-state index in [9.17, 15) is 9.59 Å². The molecule has 1 N–H and O–H groups in total. The summed E-state index contributed by atoms with van der Waals surface area (Å²) in [5, 5.41) is 3.27. The molecule has 2 atom stereocenters. The second-order valence-electron chi connectivity index (χ2n) is 7.90. The third kappa shape index (κ3) is 4.65. The molecule has 0 aromatic heterocycles. The number of fused-ring (bicyclic) bond motifs is 3. The summed E-state index contributed by atoms with van der Waals surface area (Å²) in [6, 6.07) is 15.9. The molecule has 6 heteroatoms. The summed E-state index contributed by atoms with van der Waals surface area (Å²) >= 11 is 0. The lowest BCUT2D eigenvalue weighted by Gasteiger charge is -2.44. The van der Waals surface area contributed by atoms with Crippen molar-refractivity contribution in [1.29, 1.82) is 0 Å². The number of ether oxygens (including phenoxy) is 2. The summed E-state index contributed by atoms with van der Waals surface area (Å²) in [5.74, 6) is -0.226. The number of carbonyl (C=O) groups excluding carboxylic acids is 2. The molecule has 2 bridgehead atoms. The van der Waals surface area contributed by atoms with Gasteiger partial charge < -0.3 is 14.8 Å². The second kappa shape index (κ2) is 9.30. The van der Waals surface area contributed by atoms with Gasteiger partial charge in [0.25, 0.3) is 0 Å². The predicted octanol–water partition coefficient (Wildman–Crippen LogP) is 3.65. The molecule has 0 radical (unpaired) electrons. The maximum atomic E-state index is 13.2. The molecule has 158 valence electrons. The van der Waals surface area contributed by atoms with Gasteiger partial charge in [0.15, 0.2) is 6.04 Å². The van der Waals surface area contributed by atoms with Crippen LogP contribution in [0.15, 0.2) is 54.6 Å². The number of piperidine rings is 3. The lowest BCUT2D eigenvalue weighted by molar-refractivity contribution is -0.159. The van der Waals surface area contributed by atoms with Crippen molar-refractivity contribution in [1.82, 2.24) is 4.90 Å². The molecule has 2 aromatic carbocycles. The monoisotopic (exact) mass is 408 g/mol. The molecule has 3 aliphatic heterocycles. The maximum Gasteiger partial charge on any atom is 0.338 e. The molecule has 30 heavy (non-hydrogen) atoms. The van der Waals surface area contributed by atoms with Crippen LogP contribution in [-0.2, 0) is 14.3 Å². The Morgan fingerprint density at radius 2 is 1.87 bits per heavy atom. The van der Waals surface area contributed by atoms with Crippen molar-refractivity contribution in [3.63, 3.8) is 0 Å². The Kier molecular flexibility index (Phi) is 6.33. The van der Waals surface area contributed by atoms with Crippen LogP contribution in [0.1, 0.15) is 41.7 Å². The highest BCUT2D eigenvalue weighted by Gasteiger charge is 2.37. The minimum absolute atomic E-state index is 0.0566. The van der Waals surface area contributed by atoms with E-state index in [1.54, 1.807) is 25.1 Å². The van der Waals surface area contributed by atoms with Crippen molar-refractivity contribution in [3.8, 4) is 0 Å². The van der Waals surface area contributed by atoms with Gasteiger partial charge in [-0.15, -0.1) is 0 Å². The molecule has 5 rings (SSSR count). The Morgan fingerprint density at radius 1 is 1.10 bits per heavy atom. The molecule has 1 unspecified atom stereocenters. The highest BCUT2D eigenvalue weighted by molar-refractivity contribution is 5.91. The van der Waals surface area contributed by atoms with E-state index >= 15 is 0 Å². The van der Waals surface area contributed by atoms with Gasteiger partial charge in [0.2, 0.25) is 0 Å². The van der Waals surface area contributed by atoms with Gasteiger partial charge in [-0.25, -0.2) is 9.59 Å². The van der Waals surface area contributed by atoms with E-state index in [1.165, 1.54) is 0 Å². The van der Waals surface area contributed by atoms with Crippen LogP contribution in [0.4, 0.5) is 5.69 Å². The summed E-state index contributed by atoms with van der Waals surface area (Å²) in [6.45, 7) is 5.10. The van der Waals surface area contributed by atoms with Crippen LogP contribution in [0.5, 0.6) is 0 Å². The lowest BCUT2D eigenvalue weighted by atomic mass is 9.86. The van der Waals surface area contributed by atoms with Gasteiger partial charge in [0, 0.05) is 12.2 Å². The van der Waals surface area contributed by atoms with E-state index in [0.29, 0.717) is 23.8 Å². The molecular formula is C24H28N2O4. The van der Waals surface area contributed by atoms with Crippen molar-refractivity contribution in [2.45, 2.75) is 31.9 Å². The van der Waals surface area contributed by atoms with Gasteiger partial charge in [-0.2, -0.15) is 0 Å². The fourth-order valence-corrected chi connectivity index (χ4v) is 4.30. The minimum atomic E-state index is -0.654. The number of nitrogens with zero attached hydrogens (tertiary/aromatic N) is 1. The molecule has 3 heterocycles. The molecule has 0 saturated carbocycles. The van der Waals surface area contributed by atoms with E-state index in [1.807, 2.05) is 36.4 Å². The molecule has 6 nitrogen and oxygen atoms in total. The van der Waals surface area contributed by atoms with Crippen molar-refractivity contribution in [3.05, 3.63) is 65.7 Å². The Balaban J connectivity index is 1.53. The highest BCUT2D eigenvalue weighted by Crippen LogP contribution is 2.31. The smallest absolute Gasteiger partial charge is 0.338 e. The minimum Gasteiger partial charge on any atom is -0.462 e. The third-order valence-corrected chi connectivity index (χ3v) is 5.92. The third-order valence-electron chi connectivity index (χ3n) is 5.92.